The van der Waals surface area contributed by atoms with E-state index in [4.69, 9.17) is 0 Å². The fraction of sp³-hybridized carbons (Fsp3) is 0.467. The molecule has 114 valence electrons. The average molecular weight is 308 g/mol. The summed E-state index contributed by atoms with van der Waals surface area (Å²) < 4.78 is 32.7. The average Bonchev–Trinajstić information content (AvgIpc) is 2.43. The van der Waals surface area contributed by atoms with Gasteiger partial charge in [-0.1, -0.05) is 27.7 Å². The van der Waals surface area contributed by atoms with E-state index in [0.29, 0.717) is 16.7 Å². The van der Waals surface area contributed by atoms with Gasteiger partial charge in [0.15, 0.2) is 6.40 Å². The van der Waals surface area contributed by atoms with Crippen molar-refractivity contribution in [3.8, 4) is 6.07 Å². The highest BCUT2D eigenvalue weighted by molar-refractivity contribution is 7.90. The van der Waals surface area contributed by atoms with Crippen LogP contribution >= 0.6 is 0 Å². The summed E-state index contributed by atoms with van der Waals surface area (Å²) in [5.74, 6) is 0.00190. The highest BCUT2D eigenvalue weighted by Gasteiger charge is 2.23. The lowest BCUT2D eigenvalue weighted by Gasteiger charge is -2.16. The molecule has 0 aliphatic carbocycles. The van der Waals surface area contributed by atoms with Crippen LogP contribution in [0.5, 0.6) is 0 Å². The van der Waals surface area contributed by atoms with Gasteiger partial charge in [-0.05, 0) is 35.1 Å². The van der Waals surface area contributed by atoms with Gasteiger partial charge in [0.05, 0.1) is 23.6 Å². The van der Waals surface area contributed by atoms with E-state index >= 15 is 0 Å². The summed E-state index contributed by atoms with van der Waals surface area (Å²) in [7, 11) is -2.51. The molecule has 0 saturated heterocycles. The lowest BCUT2D eigenvalue weighted by atomic mass is 9.92. The minimum atomic E-state index is -3.84. The molecule has 0 spiro atoms. The number of nitrogens with zero attached hydrogens (tertiary/aromatic N) is 2. The number of hydrogen-bond donors (Lipinski definition) is 0. The van der Waals surface area contributed by atoms with Gasteiger partial charge in [-0.15, -0.1) is 4.40 Å². The molecule has 0 N–H and O–H groups in total. The molecule has 0 aliphatic heterocycles. The fourth-order valence-corrected chi connectivity index (χ4v) is 3.20. The van der Waals surface area contributed by atoms with E-state index in [1.54, 1.807) is 12.1 Å². The Morgan fingerprint density at radius 1 is 1.19 bits per heavy atom. The van der Waals surface area contributed by atoms with Crippen molar-refractivity contribution >= 4 is 16.4 Å². The highest BCUT2D eigenvalue weighted by Crippen LogP contribution is 2.31. The predicted molar refractivity (Wildman–Crippen MR) is 82.0 cm³/mol. The first-order valence-corrected chi connectivity index (χ1v) is 8.08. The number of hydrogen-bond acceptors (Lipinski definition) is 4. The van der Waals surface area contributed by atoms with Crippen molar-refractivity contribution in [1.82, 2.24) is 0 Å². The van der Waals surface area contributed by atoms with Crippen LogP contribution in [0, 0.1) is 11.3 Å². The quantitative estimate of drug-likeness (QED) is 0.618. The van der Waals surface area contributed by atoms with Crippen LogP contribution in [0.25, 0.3) is 0 Å². The molecular formula is C15H20N2O3S. The SMILES string of the molecule is COC=NS(=O)(=O)c1cc(C(C)C)c(C#N)cc1C(C)C. The summed E-state index contributed by atoms with van der Waals surface area (Å²) in [4.78, 5) is 0.133. The van der Waals surface area contributed by atoms with Crippen LogP contribution in [0.4, 0.5) is 0 Å². The summed E-state index contributed by atoms with van der Waals surface area (Å²) in [6, 6.07) is 5.34. The van der Waals surface area contributed by atoms with Crippen LogP contribution in [0.15, 0.2) is 21.4 Å². The third-order valence-corrected chi connectivity index (χ3v) is 4.38. The predicted octanol–water partition coefficient (Wildman–Crippen LogP) is 3.17. The van der Waals surface area contributed by atoms with Gasteiger partial charge in [0.25, 0.3) is 10.0 Å². The minimum Gasteiger partial charge on any atom is -0.486 e. The Hall–Kier alpha value is -1.87. The van der Waals surface area contributed by atoms with E-state index in [1.165, 1.54) is 7.11 Å². The maximum Gasteiger partial charge on any atom is 0.285 e. The molecule has 0 amide bonds. The van der Waals surface area contributed by atoms with Crippen LogP contribution in [0.3, 0.4) is 0 Å². The van der Waals surface area contributed by atoms with Crippen molar-refractivity contribution in [2.45, 2.75) is 44.4 Å². The lowest BCUT2D eigenvalue weighted by molar-refractivity contribution is 0.423. The number of sulfonamides is 1. The Labute approximate surface area is 126 Å². The van der Waals surface area contributed by atoms with Crippen molar-refractivity contribution in [1.29, 1.82) is 5.26 Å². The number of nitriles is 1. The van der Waals surface area contributed by atoms with Gasteiger partial charge in [-0.25, -0.2) is 0 Å². The first-order chi connectivity index (χ1) is 9.74. The molecule has 6 heteroatoms. The molecule has 1 aromatic carbocycles. The minimum absolute atomic E-state index is 0.0409. The zero-order valence-corrected chi connectivity index (χ0v) is 13.7. The molecule has 0 bridgehead atoms. The van der Waals surface area contributed by atoms with Gasteiger partial charge in [0.2, 0.25) is 0 Å². The number of ether oxygens (including phenoxy) is 1. The Morgan fingerprint density at radius 2 is 1.76 bits per heavy atom. The molecule has 21 heavy (non-hydrogen) atoms. The maximum atomic E-state index is 12.3. The zero-order valence-electron chi connectivity index (χ0n) is 12.9. The van der Waals surface area contributed by atoms with Gasteiger partial charge in [-0.3, -0.25) is 0 Å². The third-order valence-electron chi connectivity index (χ3n) is 3.11. The van der Waals surface area contributed by atoms with Crippen LogP contribution in [0.2, 0.25) is 0 Å². The second kappa shape index (κ2) is 6.72. The van der Waals surface area contributed by atoms with Gasteiger partial charge >= 0.3 is 0 Å². The molecule has 0 fully saturated rings. The smallest absolute Gasteiger partial charge is 0.285 e. The molecule has 1 aromatic rings. The monoisotopic (exact) mass is 308 g/mol. The van der Waals surface area contributed by atoms with Crippen LogP contribution in [-0.2, 0) is 14.8 Å². The summed E-state index contributed by atoms with van der Waals surface area (Å²) >= 11 is 0. The van der Waals surface area contributed by atoms with Gasteiger partial charge in [0.1, 0.15) is 0 Å². The first kappa shape index (κ1) is 17.2. The molecule has 0 heterocycles. The van der Waals surface area contributed by atoms with Gasteiger partial charge < -0.3 is 4.74 Å². The first-order valence-electron chi connectivity index (χ1n) is 6.64. The molecule has 0 aliphatic rings. The van der Waals surface area contributed by atoms with Crippen molar-refractivity contribution in [2.75, 3.05) is 7.11 Å². The molecule has 1 rings (SSSR count). The fourth-order valence-electron chi connectivity index (χ4n) is 2.02. The lowest BCUT2D eigenvalue weighted by Crippen LogP contribution is -2.07. The molecule has 5 nitrogen and oxygen atoms in total. The van der Waals surface area contributed by atoms with E-state index in [1.807, 2.05) is 27.7 Å². The van der Waals surface area contributed by atoms with Crippen LogP contribution in [-0.4, -0.2) is 21.9 Å². The van der Waals surface area contributed by atoms with E-state index < -0.39 is 10.0 Å². The Balaban J connectivity index is 3.68. The third kappa shape index (κ3) is 3.82. The molecule has 0 aromatic heterocycles. The maximum absolute atomic E-state index is 12.3. The van der Waals surface area contributed by atoms with Gasteiger partial charge in [0, 0.05) is 0 Å². The Morgan fingerprint density at radius 3 is 2.19 bits per heavy atom. The van der Waals surface area contributed by atoms with E-state index in [9.17, 15) is 13.7 Å². The number of methoxy groups -OCH3 is 1. The standard InChI is InChI=1S/C15H20N2O3S/c1-10(2)13-7-15(21(18,19)17-9-20-5)14(11(3)4)6-12(13)8-16/h6-7,9-11H,1-5H3. The van der Waals surface area contributed by atoms with Crippen molar-refractivity contribution < 1.29 is 13.2 Å². The topological polar surface area (TPSA) is 79.5 Å². The molecule has 0 atom stereocenters. The molecule has 0 radical (unpaired) electrons. The summed E-state index contributed by atoms with van der Waals surface area (Å²) in [5.41, 5.74) is 1.79. The van der Waals surface area contributed by atoms with E-state index in [0.717, 1.165) is 6.40 Å². The molecule has 0 unspecified atom stereocenters. The number of rotatable bonds is 5. The normalized spacial score (nSPS) is 12.1. The summed E-state index contributed by atoms with van der Waals surface area (Å²) in [6.07, 6.45) is 0.896. The van der Waals surface area contributed by atoms with E-state index in [2.05, 4.69) is 15.2 Å². The summed E-state index contributed by atoms with van der Waals surface area (Å²) in [5, 5.41) is 9.26. The zero-order chi connectivity index (χ0) is 16.2. The Bertz CT molecular complexity index is 684. The van der Waals surface area contributed by atoms with Crippen LogP contribution < -0.4 is 0 Å². The largest absolute Gasteiger partial charge is 0.486 e. The Kier molecular flexibility index (Phi) is 5.50. The second-order valence-electron chi connectivity index (χ2n) is 5.32. The second-order valence-corrected chi connectivity index (χ2v) is 6.92. The molecule has 0 saturated carbocycles. The van der Waals surface area contributed by atoms with Gasteiger partial charge in [-0.2, -0.15) is 13.7 Å². The number of benzene rings is 1. The molecular weight excluding hydrogens is 288 g/mol. The van der Waals surface area contributed by atoms with Crippen molar-refractivity contribution in [3.05, 3.63) is 28.8 Å². The highest BCUT2D eigenvalue weighted by atomic mass is 32.2. The summed E-state index contributed by atoms with van der Waals surface area (Å²) in [6.45, 7) is 7.59. The van der Waals surface area contributed by atoms with E-state index in [-0.39, 0.29) is 16.7 Å². The van der Waals surface area contributed by atoms with Crippen LogP contribution in [0.1, 0.15) is 56.2 Å². The van der Waals surface area contributed by atoms with Crippen molar-refractivity contribution in [3.63, 3.8) is 0 Å². The van der Waals surface area contributed by atoms with Crippen molar-refractivity contribution in [2.24, 2.45) is 4.40 Å².